The lowest BCUT2D eigenvalue weighted by Crippen LogP contribution is -2.36. The highest BCUT2D eigenvalue weighted by atomic mass is 32.1. The quantitative estimate of drug-likeness (QED) is 0.739. The smallest absolute Gasteiger partial charge is 0.170 e. The zero-order valence-electron chi connectivity index (χ0n) is 15.3. The molecular formula is C19H32N2S. The number of nitrogens with one attached hydrogen (secondary N) is 2. The van der Waals surface area contributed by atoms with Crippen LogP contribution in [0.15, 0.2) is 12.1 Å². The van der Waals surface area contributed by atoms with Crippen LogP contribution in [0.25, 0.3) is 0 Å². The van der Waals surface area contributed by atoms with Gasteiger partial charge in [0.25, 0.3) is 0 Å². The third-order valence-corrected chi connectivity index (χ3v) is 4.74. The lowest BCUT2D eigenvalue weighted by atomic mass is 9.82. The lowest BCUT2D eigenvalue weighted by Gasteiger charge is -2.28. The molecule has 0 saturated heterocycles. The van der Waals surface area contributed by atoms with E-state index in [0.29, 0.717) is 5.92 Å². The molecule has 0 spiro atoms. The molecule has 1 aromatic carbocycles. The Morgan fingerprint density at radius 3 is 2.05 bits per heavy atom. The van der Waals surface area contributed by atoms with Crippen molar-refractivity contribution in [2.75, 3.05) is 11.9 Å². The van der Waals surface area contributed by atoms with E-state index in [2.05, 4.69) is 71.2 Å². The molecule has 1 rings (SSSR count). The van der Waals surface area contributed by atoms with Crippen molar-refractivity contribution in [2.45, 2.75) is 61.3 Å². The van der Waals surface area contributed by atoms with Crippen molar-refractivity contribution in [1.82, 2.24) is 5.32 Å². The summed E-state index contributed by atoms with van der Waals surface area (Å²) < 4.78 is 0. The fourth-order valence-corrected chi connectivity index (χ4v) is 2.56. The van der Waals surface area contributed by atoms with Crippen LogP contribution < -0.4 is 10.6 Å². The van der Waals surface area contributed by atoms with Crippen LogP contribution in [0, 0.1) is 18.3 Å². The molecule has 0 aliphatic rings. The van der Waals surface area contributed by atoms with Gasteiger partial charge in [-0.1, -0.05) is 59.2 Å². The van der Waals surface area contributed by atoms with Gasteiger partial charge in [-0.2, -0.15) is 0 Å². The van der Waals surface area contributed by atoms with Gasteiger partial charge in [-0.3, -0.25) is 0 Å². The number of hydrogen-bond donors (Lipinski definition) is 2. The highest BCUT2D eigenvalue weighted by Gasteiger charge is 2.20. The van der Waals surface area contributed by atoms with E-state index in [4.69, 9.17) is 12.2 Å². The number of benzene rings is 1. The van der Waals surface area contributed by atoms with Crippen molar-refractivity contribution in [1.29, 1.82) is 0 Å². The van der Waals surface area contributed by atoms with Crippen molar-refractivity contribution >= 4 is 23.0 Å². The maximum absolute atomic E-state index is 5.50. The van der Waals surface area contributed by atoms with E-state index in [0.717, 1.165) is 24.5 Å². The standard InChI is InChI=1S/C19H32N2S/c1-8-15-10-13(3)11-16(9-2)17(15)21-18(22)20-12-14(4)19(5,6)7/h10-11,14H,8-9,12H2,1-7H3,(H2,20,21,22). The Bertz CT molecular complexity index is 490. The maximum Gasteiger partial charge on any atom is 0.170 e. The Balaban J connectivity index is 2.80. The van der Waals surface area contributed by atoms with Crippen LogP contribution in [0.3, 0.4) is 0 Å². The average molecular weight is 321 g/mol. The second kappa shape index (κ2) is 7.96. The fourth-order valence-electron chi connectivity index (χ4n) is 2.37. The van der Waals surface area contributed by atoms with Crippen LogP contribution in [-0.2, 0) is 12.8 Å². The van der Waals surface area contributed by atoms with E-state index in [9.17, 15) is 0 Å². The zero-order chi connectivity index (χ0) is 16.9. The van der Waals surface area contributed by atoms with Gasteiger partial charge in [0, 0.05) is 12.2 Å². The third-order valence-electron chi connectivity index (χ3n) is 4.49. The van der Waals surface area contributed by atoms with E-state index >= 15 is 0 Å². The first-order valence-electron chi connectivity index (χ1n) is 8.36. The Labute approximate surface area is 142 Å². The van der Waals surface area contributed by atoms with Crippen molar-refractivity contribution < 1.29 is 0 Å². The van der Waals surface area contributed by atoms with Gasteiger partial charge >= 0.3 is 0 Å². The Hall–Kier alpha value is -1.09. The van der Waals surface area contributed by atoms with E-state index in [1.807, 2.05) is 0 Å². The molecule has 124 valence electrons. The van der Waals surface area contributed by atoms with Crippen molar-refractivity contribution in [3.8, 4) is 0 Å². The molecule has 0 aromatic heterocycles. The molecule has 0 fully saturated rings. The first-order chi connectivity index (χ1) is 10.2. The van der Waals surface area contributed by atoms with Crippen molar-refractivity contribution in [2.24, 2.45) is 11.3 Å². The summed E-state index contributed by atoms with van der Waals surface area (Å²) in [6, 6.07) is 4.50. The van der Waals surface area contributed by atoms with Crippen molar-refractivity contribution in [3.63, 3.8) is 0 Å². The van der Waals surface area contributed by atoms with E-state index in [1.54, 1.807) is 0 Å². The van der Waals surface area contributed by atoms with Crippen LogP contribution in [0.5, 0.6) is 0 Å². The molecule has 2 nitrogen and oxygen atoms in total. The highest BCUT2D eigenvalue weighted by molar-refractivity contribution is 7.80. The van der Waals surface area contributed by atoms with Gasteiger partial charge < -0.3 is 10.6 Å². The molecular weight excluding hydrogens is 288 g/mol. The molecule has 2 N–H and O–H groups in total. The monoisotopic (exact) mass is 320 g/mol. The van der Waals surface area contributed by atoms with Gasteiger partial charge in [0.2, 0.25) is 0 Å². The fraction of sp³-hybridized carbons (Fsp3) is 0.632. The Morgan fingerprint density at radius 1 is 1.14 bits per heavy atom. The summed E-state index contributed by atoms with van der Waals surface area (Å²) >= 11 is 5.50. The zero-order valence-corrected chi connectivity index (χ0v) is 16.1. The Morgan fingerprint density at radius 2 is 1.64 bits per heavy atom. The van der Waals surface area contributed by atoms with Crippen LogP contribution in [-0.4, -0.2) is 11.7 Å². The van der Waals surface area contributed by atoms with Gasteiger partial charge in [0.1, 0.15) is 0 Å². The first kappa shape index (κ1) is 19.0. The van der Waals surface area contributed by atoms with Crippen LogP contribution >= 0.6 is 12.2 Å². The minimum atomic E-state index is 0.287. The summed E-state index contributed by atoms with van der Waals surface area (Å²) in [5.74, 6) is 0.557. The normalized spacial score (nSPS) is 12.9. The lowest BCUT2D eigenvalue weighted by molar-refractivity contribution is 0.262. The number of anilines is 1. The number of thiocarbonyl (C=S) groups is 1. The largest absolute Gasteiger partial charge is 0.362 e. The van der Waals surface area contributed by atoms with Crippen LogP contribution in [0.2, 0.25) is 0 Å². The van der Waals surface area contributed by atoms with E-state index in [1.165, 1.54) is 22.4 Å². The van der Waals surface area contributed by atoms with Crippen LogP contribution in [0.4, 0.5) is 5.69 Å². The summed E-state index contributed by atoms with van der Waals surface area (Å²) in [6.07, 6.45) is 2.02. The van der Waals surface area contributed by atoms with Gasteiger partial charge in [0.05, 0.1) is 0 Å². The number of aryl methyl sites for hydroxylation is 3. The summed E-state index contributed by atoms with van der Waals surface area (Å²) in [4.78, 5) is 0. The summed E-state index contributed by atoms with van der Waals surface area (Å²) in [5, 5.41) is 7.54. The highest BCUT2D eigenvalue weighted by Crippen LogP contribution is 2.26. The molecule has 1 atom stereocenters. The van der Waals surface area contributed by atoms with Gasteiger partial charge in [0.15, 0.2) is 5.11 Å². The second-order valence-electron chi connectivity index (χ2n) is 7.27. The minimum absolute atomic E-state index is 0.287. The van der Waals surface area contributed by atoms with Crippen molar-refractivity contribution in [3.05, 3.63) is 28.8 Å². The summed E-state index contributed by atoms with van der Waals surface area (Å²) in [6.45, 7) is 16.5. The Kier molecular flexibility index (Phi) is 6.86. The predicted octanol–water partition coefficient (Wildman–Crippen LogP) is 5.09. The van der Waals surface area contributed by atoms with Gasteiger partial charge in [-0.25, -0.2) is 0 Å². The minimum Gasteiger partial charge on any atom is -0.362 e. The molecule has 0 amide bonds. The third kappa shape index (κ3) is 5.28. The summed E-state index contributed by atoms with van der Waals surface area (Å²) in [7, 11) is 0. The average Bonchev–Trinajstić information content (AvgIpc) is 2.44. The molecule has 0 heterocycles. The maximum atomic E-state index is 5.50. The molecule has 0 aliphatic carbocycles. The molecule has 0 radical (unpaired) electrons. The van der Waals surface area contributed by atoms with Gasteiger partial charge in [-0.15, -0.1) is 0 Å². The summed E-state index contributed by atoms with van der Waals surface area (Å²) in [5.41, 5.74) is 5.47. The van der Waals surface area contributed by atoms with E-state index in [-0.39, 0.29) is 5.41 Å². The SMILES string of the molecule is CCc1cc(C)cc(CC)c1NC(=S)NCC(C)C(C)(C)C. The molecule has 22 heavy (non-hydrogen) atoms. The van der Waals surface area contributed by atoms with Gasteiger partial charge in [-0.05, 0) is 54.4 Å². The molecule has 0 aliphatic heterocycles. The first-order valence-corrected chi connectivity index (χ1v) is 8.77. The second-order valence-corrected chi connectivity index (χ2v) is 7.68. The molecule has 1 aromatic rings. The number of hydrogen-bond acceptors (Lipinski definition) is 1. The molecule has 1 unspecified atom stereocenters. The van der Waals surface area contributed by atoms with Crippen LogP contribution in [0.1, 0.15) is 58.2 Å². The van der Waals surface area contributed by atoms with E-state index < -0.39 is 0 Å². The predicted molar refractivity (Wildman–Crippen MR) is 103 cm³/mol. The molecule has 3 heteroatoms. The molecule has 0 saturated carbocycles. The topological polar surface area (TPSA) is 24.1 Å². The molecule has 0 bridgehead atoms. The number of rotatable bonds is 5.